The van der Waals surface area contributed by atoms with E-state index in [0.717, 1.165) is 54.2 Å². The predicted molar refractivity (Wildman–Crippen MR) is 97.2 cm³/mol. The zero-order valence-corrected chi connectivity index (χ0v) is 15.3. The minimum absolute atomic E-state index is 0.129. The van der Waals surface area contributed by atoms with E-state index in [-0.39, 0.29) is 12.5 Å². The Labute approximate surface area is 142 Å². The van der Waals surface area contributed by atoms with Crippen molar-refractivity contribution in [1.82, 2.24) is 14.9 Å². The molecule has 0 bridgehead atoms. The molecule has 0 saturated heterocycles. The van der Waals surface area contributed by atoms with Crippen LogP contribution in [0.15, 0.2) is 6.07 Å². The number of nitrogens with one attached hydrogen (secondary N) is 1. The van der Waals surface area contributed by atoms with E-state index in [1.807, 2.05) is 11.8 Å². The number of hydrogen-bond acceptors (Lipinski definition) is 5. The third kappa shape index (κ3) is 4.41. The van der Waals surface area contributed by atoms with Crippen LogP contribution in [0.2, 0.25) is 0 Å². The van der Waals surface area contributed by atoms with E-state index in [9.17, 15) is 4.79 Å². The number of aromatic nitrogens is 2. The fraction of sp³-hybridized carbons (Fsp3) is 0.588. The number of anilines is 1. The average molecular weight is 334 g/mol. The lowest BCUT2D eigenvalue weighted by atomic mass is 10.3. The molecule has 0 spiro atoms. The van der Waals surface area contributed by atoms with Gasteiger partial charge in [0, 0.05) is 18.0 Å². The van der Waals surface area contributed by atoms with Gasteiger partial charge in [-0.2, -0.15) is 0 Å². The fourth-order valence-corrected chi connectivity index (χ4v) is 3.57. The summed E-state index contributed by atoms with van der Waals surface area (Å²) in [5.74, 6) is 1.63. The van der Waals surface area contributed by atoms with E-state index in [2.05, 4.69) is 42.1 Å². The second kappa shape index (κ2) is 8.24. The number of nitrogens with zero attached hydrogens (tertiary/aromatic N) is 3. The highest BCUT2D eigenvalue weighted by molar-refractivity contribution is 7.18. The van der Waals surface area contributed by atoms with Gasteiger partial charge in [-0.15, -0.1) is 11.3 Å². The molecule has 0 unspecified atom stereocenters. The van der Waals surface area contributed by atoms with Gasteiger partial charge in [0.2, 0.25) is 5.91 Å². The van der Waals surface area contributed by atoms with Crippen molar-refractivity contribution >= 4 is 33.3 Å². The van der Waals surface area contributed by atoms with Crippen molar-refractivity contribution in [3.8, 4) is 0 Å². The summed E-state index contributed by atoms with van der Waals surface area (Å²) in [6, 6.07) is 2.13. The first-order valence-electron chi connectivity index (χ1n) is 8.37. The summed E-state index contributed by atoms with van der Waals surface area (Å²) in [5, 5.41) is 4.24. The summed E-state index contributed by atoms with van der Waals surface area (Å²) in [6.45, 7) is 10.1. The van der Waals surface area contributed by atoms with Crippen molar-refractivity contribution in [1.29, 1.82) is 0 Å². The lowest BCUT2D eigenvalue weighted by Gasteiger charge is -2.21. The second-order valence-electron chi connectivity index (χ2n) is 5.64. The molecule has 2 aromatic rings. The fourth-order valence-electron chi connectivity index (χ4n) is 2.56. The smallest absolute Gasteiger partial charge is 0.241 e. The van der Waals surface area contributed by atoms with Crippen LogP contribution in [0.5, 0.6) is 0 Å². The minimum atomic E-state index is 0.129. The Morgan fingerprint density at radius 3 is 2.52 bits per heavy atom. The Kier molecular flexibility index (Phi) is 6.33. The number of hydrogen-bond donors (Lipinski definition) is 1. The Hall–Kier alpha value is -1.69. The molecule has 2 heterocycles. The van der Waals surface area contributed by atoms with Gasteiger partial charge in [0.05, 0.1) is 11.9 Å². The number of carbonyl (C=O) groups is 1. The van der Waals surface area contributed by atoms with Crippen molar-refractivity contribution in [2.24, 2.45) is 0 Å². The van der Waals surface area contributed by atoms with Crippen molar-refractivity contribution in [2.45, 2.75) is 47.0 Å². The van der Waals surface area contributed by atoms with Gasteiger partial charge in [0.15, 0.2) is 0 Å². The van der Waals surface area contributed by atoms with Crippen LogP contribution in [-0.4, -0.2) is 40.4 Å². The van der Waals surface area contributed by atoms with Crippen LogP contribution >= 0.6 is 11.3 Å². The summed E-state index contributed by atoms with van der Waals surface area (Å²) in [5.41, 5.74) is 0. The maximum absolute atomic E-state index is 12.4. The molecule has 0 radical (unpaired) electrons. The Balaban J connectivity index is 2.14. The molecule has 6 heteroatoms. The maximum atomic E-state index is 12.4. The normalized spacial score (nSPS) is 11.0. The number of aryl methyl sites for hydroxylation is 2. The number of rotatable bonds is 8. The summed E-state index contributed by atoms with van der Waals surface area (Å²) < 4.78 is 0. The number of thiophene rings is 1. The van der Waals surface area contributed by atoms with Gasteiger partial charge in [-0.3, -0.25) is 4.79 Å². The molecule has 0 aliphatic rings. The monoisotopic (exact) mass is 334 g/mol. The van der Waals surface area contributed by atoms with E-state index in [4.69, 9.17) is 0 Å². The van der Waals surface area contributed by atoms with Gasteiger partial charge in [0.25, 0.3) is 0 Å². The number of carbonyl (C=O) groups excluding carboxylic acids is 1. The average Bonchev–Trinajstić information content (AvgIpc) is 2.95. The SMILES string of the molecule is CCCN(CCC)C(=O)CNc1nc(C)nc2sc(CC)cc12. The lowest BCUT2D eigenvalue weighted by Crippen LogP contribution is -2.36. The molecular weight excluding hydrogens is 308 g/mol. The quantitative estimate of drug-likeness (QED) is 0.801. The van der Waals surface area contributed by atoms with Crippen LogP contribution in [0.25, 0.3) is 10.2 Å². The van der Waals surface area contributed by atoms with Crippen LogP contribution in [0.1, 0.15) is 44.3 Å². The molecule has 0 atom stereocenters. The van der Waals surface area contributed by atoms with Crippen molar-refractivity contribution < 1.29 is 4.79 Å². The maximum Gasteiger partial charge on any atom is 0.241 e. The molecule has 2 rings (SSSR count). The van der Waals surface area contributed by atoms with Crippen LogP contribution < -0.4 is 5.32 Å². The zero-order valence-electron chi connectivity index (χ0n) is 14.5. The summed E-state index contributed by atoms with van der Waals surface area (Å²) in [7, 11) is 0. The van der Waals surface area contributed by atoms with Crippen molar-refractivity contribution in [2.75, 3.05) is 25.0 Å². The Bertz CT molecular complexity index is 662. The molecule has 23 heavy (non-hydrogen) atoms. The number of fused-ring (bicyclic) bond motifs is 1. The molecule has 2 aromatic heterocycles. The van der Waals surface area contributed by atoms with Crippen LogP contribution in [0, 0.1) is 6.92 Å². The third-order valence-electron chi connectivity index (χ3n) is 3.65. The first kappa shape index (κ1) is 17.7. The third-order valence-corrected chi connectivity index (χ3v) is 4.82. The Morgan fingerprint density at radius 1 is 1.22 bits per heavy atom. The molecule has 0 fully saturated rings. The van der Waals surface area contributed by atoms with Gasteiger partial charge in [-0.25, -0.2) is 9.97 Å². The highest BCUT2D eigenvalue weighted by atomic mass is 32.1. The highest BCUT2D eigenvalue weighted by Crippen LogP contribution is 2.29. The van der Waals surface area contributed by atoms with E-state index in [1.165, 1.54) is 4.88 Å². The van der Waals surface area contributed by atoms with Gasteiger partial charge in [-0.1, -0.05) is 20.8 Å². The van der Waals surface area contributed by atoms with Gasteiger partial charge < -0.3 is 10.2 Å². The molecule has 0 saturated carbocycles. The summed E-state index contributed by atoms with van der Waals surface area (Å²) in [6.07, 6.45) is 2.94. The predicted octanol–water partition coefficient (Wildman–Crippen LogP) is 3.62. The van der Waals surface area contributed by atoms with Crippen LogP contribution in [-0.2, 0) is 11.2 Å². The van der Waals surface area contributed by atoms with Crippen molar-refractivity contribution in [3.05, 3.63) is 16.8 Å². The minimum Gasteiger partial charge on any atom is -0.360 e. The molecule has 5 nitrogen and oxygen atoms in total. The van der Waals surface area contributed by atoms with Crippen molar-refractivity contribution in [3.63, 3.8) is 0 Å². The van der Waals surface area contributed by atoms with Gasteiger partial charge >= 0.3 is 0 Å². The first-order valence-corrected chi connectivity index (χ1v) is 9.19. The molecule has 0 aromatic carbocycles. The molecule has 0 aliphatic carbocycles. The molecular formula is C17H26N4OS. The topological polar surface area (TPSA) is 58.1 Å². The highest BCUT2D eigenvalue weighted by Gasteiger charge is 2.14. The van der Waals surface area contributed by atoms with Gasteiger partial charge in [0.1, 0.15) is 16.5 Å². The largest absolute Gasteiger partial charge is 0.360 e. The first-order chi connectivity index (χ1) is 11.1. The lowest BCUT2D eigenvalue weighted by molar-refractivity contribution is -0.129. The zero-order chi connectivity index (χ0) is 16.8. The second-order valence-corrected chi connectivity index (χ2v) is 6.75. The van der Waals surface area contributed by atoms with E-state index >= 15 is 0 Å². The molecule has 0 aliphatic heterocycles. The van der Waals surface area contributed by atoms with Crippen LogP contribution in [0.3, 0.4) is 0 Å². The molecule has 1 N–H and O–H groups in total. The molecule has 1 amide bonds. The Morgan fingerprint density at radius 2 is 1.91 bits per heavy atom. The molecule has 126 valence electrons. The van der Waals surface area contributed by atoms with Crippen LogP contribution in [0.4, 0.5) is 5.82 Å². The summed E-state index contributed by atoms with van der Waals surface area (Å²) in [4.78, 5) is 25.6. The van der Waals surface area contributed by atoms with Gasteiger partial charge in [-0.05, 0) is 32.3 Å². The number of amides is 1. The van der Waals surface area contributed by atoms with E-state index < -0.39 is 0 Å². The van der Waals surface area contributed by atoms with E-state index in [0.29, 0.717) is 0 Å². The van der Waals surface area contributed by atoms with E-state index in [1.54, 1.807) is 11.3 Å². The summed E-state index contributed by atoms with van der Waals surface area (Å²) >= 11 is 1.70. The standard InChI is InChI=1S/C17H26N4OS/c1-5-8-21(9-6-2)15(22)11-18-16-14-10-13(7-3)23-17(14)20-12(4)19-16/h10H,5-9,11H2,1-4H3,(H,18,19,20).